The van der Waals surface area contributed by atoms with Crippen LogP contribution in [0.5, 0.6) is 0 Å². The smallest absolute Gasteiger partial charge is 0.335 e. The van der Waals surface area contributed by atoms with E-state index in [1.54, 1.807) is 12.1 Å². The Bertz CT molecular complexity index is 703. The number of hydrogen-bond donors (Lipinski definition) is 2. The summed E-state index contributed by atoms with van der Waals surface area (Å²) in [6, 6.07) is 6.87. The Morgan fingerprint density at radius 3 is 2.42 bits per heavy atom. The van der Waals surface area contributed by atoms with Crippen LogP contribution in [0.4, 0.5) is 23.7 Å². The number of aromatic nitrogens is 2. The second kappa shape index (κ2) is 6.54. The van der Waals surface area contributed by atoms with Gasteiger partial charge in [0.2, 0.25) is 0 Å². The number of carbonyl (C=O) groups is 1. The standard InChI is InChI=1S/C16H17F3N4O/c17-16(18,19)14-9-10-20-23(14)13-7-5-12(6-8-13)22-15(24)21-11-3-1-2-4-11/h5-11H,1-4H2,(H2,21,22,24). The van der Waals surface area contributed by atoms with Crippen LogP contribution in [-0.4, -0.2) is 21.9 Å². The van der Waals surface area contributed by atoms with E-state index in [0.29, 0.717) is 5.69 Å². The molecule has 1 aromatic heterocycles. The first-order valence-corrected chi connectivity index (χ1v) is 7.73. The first kappa shape index (κ1) is 16.4. The lowest BCUT2D eigenvalue weighted by Gasteiger charge is -2.14. The molecule has 1 aromatic carbocycles. The zero-order valence-corrected chi connectivity index (χ0v) is 12.8. The Hall–Kier alpha value is -2.51. The van der Waals surface area contributed by atoms with Gasteiger partial charge in [-0.3, -0.25) is 0 Å². The van der Waals surface area contributed by atoms with Crippen LogP contribution >= 0.6 is 0 Å². The number of rotatable bonds is 3. The summed E-state index contributed by atoms with van der Waals surface area (Å²) in [6.45, 7) is 0. The van der Waals surface area contributed by atoms with Gasteiger partial charge in [-0.25, -0.2) is 9.48 Å². The third-order valence-corrected chi connectivity index (χ3v) is 3.99. The zero-order valence-electron chi connectivity index (χ0n) is 12.8. The van der Waals surface area contributed by atoms with Crippen molar-refractivity contribution < 1.29 is 18.0 Å². The van der Waals surface area contributed by atoms with Crippen LogP contribution in [0, 0.1) is 0 Å². The molecule has 128 valence electrons. The second-order valence-corrected chi connectivity index (χ2v) is 5.75. The number of amides is 2. The monoisotopic (exact) mass is 338 g/mol. The second-order valence-electron chi connectivity index (χ2n) is 5.75. The molecule has 0 atom stereocenters. The molecular weight excluding hydrogens is 321 g/mol. The molecule has 8 heteroatoms. The quantitative estimate of drug-likeness (QED) is 0.890. The summed E-state index contributed by atoms with van der Waals surface area (Å²) < 4.78 is 39.5. The number of nitrogens with zero attached hydrogens (tertiary/aromatic N) is 2. The van der Waals surface area contributed by atoms with Crippen molar-refractivity contribution in [2.75, 3.05) is 5.32 Å². The van der Waals surface area contributed by atoms with Crippen molar-refractivity contribution in [3.8, 4) is 5.69 Å². The molecule has 1 aliphatic carbocycles. The maximum absolute atomic E-state index is 12.9. The number of urea groups is 1. The number of benzene rings is 1. The van der Waals surface area contributed by atoms with Gasteiger partial charge in [-0.2, -0.15) is 18.3 Å². The van der Waals surface area contributed by atoms with Gasteiger partial charge in [0.25, 0.3) is 0 Å². The van der Waals surface area contributed by atoms with E-state index in [2.05, 4.69) is 15.7 Å². The molecule has 1 heterocycles. The predicted octanol–water partition coefficient (Wildman–Crippen LogP) is 3.96. The molecule has 2 N–H and O–H groups in total. The fraction of sp³-hybridized carbons (Fsp3) is 0.375. The lowest BCUT2D eigenvalue weighted by atomic mass is 10.2. The van der Waals surface area contributed by atoms with Gasteiger partial charge >= 0.3 is 12.2 Å². The van der Waals surface area contributed by atoms with Gasteiger partial charge in [0.05, 0.1) is 11.9 Å². The van der Waals surface area contributed by atoms with Crippen molar-refractivity contribution in [2.24, 2.45) is 0 Å². The Balaban J connectivity index is 1.67. The molecule has 1 aliphatic rings. The van der Waals surface area contributed by atoms with Gasteiger partial charge < -0.3 is 10.6 Å². The van der Waals surface area contributed by atoms with E-state index in [0.717, 1.165) is 42.6 Å². The average molecular weight is 338 g/mol. The molecule has 0 unspecified atom stereocenters. The van der Waals surface area contributed by atoms with E-state index in [9.17, 15) is 18.0 Å². The molecule has 0 aliphatic heterocycles. The first-order chi connectivity index (χ1) is 11.4. The number of halogens is 3. The minimum absolute atomic E-state index is 0.197. The summed E-state index contributed by atoms with van der Waals surface area (Å²) in [5, 5.41) is 9.28. The van der Waals surface area contributed by atoms with Crippen LogP contribution in [0.2, 0.25) is 0 Å². The lowest BCUT2D eigenvalue weighted by Crippen LogP contribution is -2.36. The Labute approximate surface area is 136 Å². The largest absolute Gasteiger partial charge is 0.433 e. The van der Waals surface area contributed by atoms with Crippen LogP contribution in [0.25, 0.3) is 5.69 Å². The molecule has 0 radical (unpaired) electrons. The summed E-state index contributed by atoms with van der Waals surface area (Å²) >= 11 is 0. The Morgan fingerprint density at radius 1 is 1.12 bits per heavy atom. The number of hydrogen-bond acceptors (Lipinski definition) is 2. The van der Waals surface area contributed by atoms with Crippen molar-refractivity contribution in [3.05, 3.63) is 42.2 Å². The lowest BCUT2D eigenvalue weighted by molar-refractivity contribution is -0.142. The van der Waals surface area contributed by atoms with Gasteiger partial charge in [0.15, 0.2) is 0 Å². The predicted molar refractivity (Wildman–Crippen MR) is 83.0 cm³/mol. The summed E-state index contributed by atoms with van der Waals surface area (Å²) in [5.41, 5.74) is -0.0637. The number of nitrogens with one attached hydrogen (secondary N) is 2. The minimum atomic E-state index is -4.48. The van der Waals surface area contributed by atoms with E-state index >= 15 is 0 Å². The third-order valence-electron chi connectivity index (χ3n) is 3.99. The molecule has 3 rings (SSSR count). The van der Waals surface area contributed by atoms with Crippen LogP contribution in [0.1, 0.15) is 31.4 Å². The van der Waals surface area contributed by atoms with Crippen LogP contribution < -0.4 is 10.6 Å². The fourth-order valence-electron chi connectivity index (χ4n) is 2.83. The van der Waals surface area contributed by atoms with Gasteiger partial charge in [0.1, 0.15) is 5.69 Å². The van der Waals surface area contributed by atoms with Crippen molar-refractivity contribution in [3.63, 3.8) is 0 Å². The first-order valence-electron chi connectivity index (χ1n) is 7.73. The normalized spacial score (nSPS) is 15.5. The van der Waals surface area contributed by atoms with Gasteiger partial charge in [-0.15, -0.1) is 0 Å². The molecular formula is C16H17F3N4O. The number of anilines is 1. The molecule has 5 nitrogen and oxygen atoms in total. The van der Waals surface area contributed by atoms with E-state index in [4.69, 9.17) is 0 Å². The highest BCUT2D eigenvalue weighted by atomic mass is 19.4. The highest BCUT2D eigenvalue weighted by Gasteiger charge is 2.35. The minimum Gasteiger partial charge on any atom is -0.335 e. The van der Waals surface area contributed by atoms with Crippen LogP contribution in [-0.2, 0) is 6.18 Å². The molecule has 1 saturated carbocycles. The summed E-state index contributed by atoms with van der Waals surface area (Å²) in [4.78, 5) is 11.9. The molecule has 2 aromatic rings. The molecule has 24 heavy (non-hydrogen) atoms. The zero-order chi connectivity index (χ0) is 17.2. The van der Waals surface area contributed by atoms with Crippen molar-refractivity contribution in [1.82, 2.24) is 15.1 Å². The highest BCUT2D eigenvalue weighted by molar-refractivity contribution is 5.89. The van der Waals surface area contributed by atoms with Gasteiger partial charge in [-0.05, 0) is 43.2 Å². The SMILES string of the molecule is O=C(Nc1ccc(-n2nccc2C(F)(F)F)cc1)NC1CCCC1. The van der Waals surface area contributed by atoms with E-state index in [1.807, 2.05) is 0 Å². The van der Waals surface area contributed by atoms with E-state index in [1.165, 1.54) is 12.1 Å². The maximum atomic E-state index is 12.9. The third kappa shape index (κ3) is 3.69. The molecule has 0 bridgehead atoms. The Kier molecular flexibility index (Phi) is 4.46. The Morgan fingerprint density at radius 2 is 1.79 bits per heavy atom. The highest BCUT2D eigenvalue weighted by Crippen LogP contribution is 2.30. The van der Waals surface area contributed by atoms with E-state index in [-0.39, 0.29) is 17.8 Å². The topological polar surface area (TPSA) is 59.0 Å². The van der Waals surface area contributed by atoms with Gasteiger partial charge in [0, 0.05) is 11.7 Å². The fourth-order valence-corrected chi connectivity index (χ4v) is 2.83. The molecule has 0 saturated heterocycles. The summed E-state index contributed by atoms with van der Waals surface area (Å²) in [5.74, 6) is 0. The van der Waals surface area contributed by atoms with Crippen LogP contribution in [0.3, 0.4) is 0 Å². The number of carbonyl (C=O) groups excluding carboxylic acids is 1. The van der Waals surface area contributed by atoms with Crippen molar-refractivity contribution in [1.29, 1.82) is 0 Å². The van der Waals surface area contributed by atoms with Gasteiger partial charge in [-0.1, -0.05) is 12.8 Å². The molecule has 0 spiro atoms. The molecule has 1 fully saturated rings. The van der Waals surface area contributed by atoms with E-state index < -0.39 is 11.9 Å². The van der Waals surface area contributed by atoms with Crippen molar-refractivity contribution in [2.45, 2.75) is 37.9 Å². The average Bonchev–Trinajstić information content (AvgIpc) is 3.18. The van der Waals surface area contributed by atoms with Crippen molar-refractivity contribution >= 4 is 11.7 Å². The maximum Gasteiger partial charge on any atom is 0.433 e. The van der Waals surface area contributed by atoms with Crippen LogP contribution in [0.15, 0.2) is 36.5 Å². The molecule has 2 amide bonds. The number of alkyl halides is 3. The summed E-state index contributed by atoms with van der Waals surface area (Å²) in [7, 11) is 0. The summed E-state index contributed by atoms with van der Waals surface area (Å²) in [6.07, 6.45) is 0.812.